The zero-order chi connectivity index (χ0) is 16.5. The summed E-state index contributed by atoms with van der Waals surface area (Å²) in [6.45, 7) is -0.581. The molecule has 1 heterocycles. The molecule has 2 rings (SSSR count). The first kappa shape index (κ1) is 16.8. The van der Waals surface area contributed by atoms with Gasteiger partial charge in [0.2, 0.25) is 10.0 Å². The molecular weight excluding hydrogens is 320 g/mol. The van der Waals surface area contributed by atoms with Crippen LogP contribution in [0.3, 0.4) is 0 Å². The Morgan fingerprint density at radius 2 is 2.05 bits per heavy atom. The van der Waals surface area contributed by atoms with Crippen LogP contribution in [0.2, 0.25) is 0 Å². The number of nitrogens with zero attached hydrogens (tertiary/aromatic N) is 1. The summed E-state index contributed by atoms with van der Waals surface area (Å²) in [5.41, 5.74) is -1.44. The minimum Gasteiger partial charge on any atom is -0.481 e. The van der Waals surface area contributed by atoms with Crippen LogP contribution >= 0.6 is 0 Å². The largest absolute Gasteiger partial charge is 0.481 e. The smallest absolute Gasteiger partial charge is 0.314 e. The van der Waals surface area contributed by atoms with Gasteiger partial charge in [0, 0.05) is 31.8 Å². The summed E-state index contributed by atoms with van der Waals surface area (Å²) in [6, 6.07) is 2.63. The molecular formula is C13H15F2NO5S. The standard InChI is InChI=1S/C13H15F2NO5S/c1-21-8-13(12(17)18)6-16(7-13)22(19,20)5-9-2-3-10(14)4-11(9)15/h2-4H,5-8H2,1H3,(H,17,18). The number of rotatable bonds is 6. The van der Waals surface area contributed by atoms with Gasteiger partial charge in [0.25, 0.3) is 0 Å². The second-order valence-corrected chi connectivity index (χ2v) is 7.25. The second-order valence-electron chi connectivity index (χ2n) is 5.28. The van der Waals surface area contributed by atoms with Gasteiger partial charge in [-0.15, -0.1) is 0 Å². The van der Waals surface area contributed by atoms with Crippen LogP contribution in [0.15, 0.2) is 18.2 Å². The minimum atomic E-state index is -3.88. The van der Waals surface area contributed by atoms with E-state index in [1.807, 2.05) is 0 Å². The minimum absolute atomic E-state index is 0.112. The van der Waals surface area contributed by atoms with Crippen LogP contribution in [-0.4, -0.2) is 50.6 Å². The molecule has 0 spiro atoms. The maximum Gasteiger partial charge on any atom is 0.314 e. The third-order valence-electron chi connectivity index (χ3n) is 3.58. The van der Waals surface area contributed by atoms with Crippen molar-refractivity contribution < 1.29 is 31.8 Å². The van der Waals surface area contributed by atoms with Gasteiger partial charge >= 0.3 is 5.97 Å². The molecule has 0 radical (unpaired) electrons. The molecule has 1 aromatic carbocycles. The first-order valence-electron chi connectivity index (χ1n) is 6.34. The Kier molecular flexibility index (Phi) is 4.50. The van der Waals surface area contributed by atoms with Gasteiger partial charge < -0.3 is 9.84 Å². The number of carboxylic acid groups (broad SMARTS) is 1. The van der Waals surface area contributed by atoms with E-state index in [1.165, 1.54) is 7.11 Å². The zero-order valence-corrected chi connectivity index (χ0v) is 12.6. The van der Waals surface area contributed by atoms with Gasteiger partial charge in [-0.2, -0.15) is 4.31 Å². The van der Waals surface area contributed by atoms with Crippen LogP contribution in [0.5, 0.6) is 0 Å². The third-order valence-corrected chi connectivity index (χ3v) is 5.30. The van der Waals surface area contributed by atoms with E-state index in [0.29, 0.717) is 6.07 Å². The molecule has 1 saturated heterocycles. The lowest BCUT2D eigenvalue weighted by molar-refractivity contribution is -0.161. The Balaban J connectivity index is 2.11. The molecule has 0 atom stereocenters. The maximum absolute atomic E-state index is 13.5. The molecule has 122 valence electrons. The number of ether oxygens (including phenoxy) is 1. The lowest BCUT2D eigenvalue weighted by atomic mass is 9.83. The summed E-state index contributed by atoms with van der Waals surface area (Å²) < 4.78 is 56.5. The first-order chi connectivity index (χ1) is 10.2. The van der Waals surface area contributed by atoms with Crippen LogP contribution < -0.4 is 0 Å². The Morgan fingerprint density at radius 1 is 1.41 bits per heavy atom. The number of hydrogen-bond donors (Lipinski definition) is 1. The summed E-state index contributed by atoms with van der Waals surface area (Å²) in [4.78, 5) is 11.2. The lowest BCUT2D eigenvalue weighted by Crippen LogP contribution is -2.64. The van der Waals surface area contributed by atoms with Crippen molar-refractivity contribution in [2.45, 2.75) is 5.75 Å². The summed E-state index contributed by atoms with van der Waals surface area (Å²) in [5.74, 6) is -3.55. The number of carboxylic acids is 1. The van der Waals surface area contributed by atoms with E-state index in [2.05, 4.69) is 0 Å². The van der Waals surface area contributed by atoms with Crippen molar-refractivity contribution in [2.75, 3.05) is 26.8 Å². The van der Waals surface area contributed by atoms with E-state index < -0.39 is 38.8 Å². The van der Waals surface area contributed by atoms with Crippen molar-refractivity contribution in [1.29, 1.82) is 0 Å². The molecule has 0 unspecified atom stereocenters. The molecule has 1 aliphatic heterocycles. The zero-order valence-electron chi connectivity index (χ0n) is 11.8. The van der Waals surface area contributed by atoms with Crippen molar-refractivity contribution in [3.05, 3.63) is 35.4 Å². The van der Waals surface area contributed by atoms with Gasteiger partial charge in [-0.3, -0.25) is 4.79 Å². The topological polar surface area (TPSA) is 83.9 Å². The monoisotopic (exact) mass is 335 g/mol. The molecule has 0 bridgehead atoms. The van der Waals surface area contributed by atoms with Crippen LogP contribution in [0.1, 0.15) is 5.56 Å². The number of benzene rings is 1. The molecule has 0 saturated carbocycles. The van der Waals surface area contributed by atoms with Gasteiger partial charge in [0.1, 0.15) is 17.0 Å². The SMILES string of the molecule is COCC1(C(=O)O)CN(S(=O)(=O)Cc2ccc(F)cc2F)C1. The fourth-order valence-electron chi connectivity index (χ4n) is 2.32. The van der Waals surface area contributed by atoms with Gasteiger partial charge in [-0.05, 0) is 6.07 Å². The average molecular weight is 335 g/mol. The van der Waals surface area contributed by atoms with Crippen molar-refractivity contribution in [3.63, 3.8) is 0 Å². The van der Waals surface area contributed by atoms with Crippen LogP contribution in [-0.2, 0) is 25.3 Å². The fourth-order valence-corrected chi connectivity index (χ4v) is 4.01. The molecule has 1 N–H and O–H groups in total. The van der Waals surface area contributed by atoms with E-state index >= 15 is 0 Å². The summed E-state index contributed by atoms with van der Waals surface area (Å²) in [5, 5.41) is 9.16. The van der Waals surface area contributed by atoms with Crippen molar-refractivity contribution in [3.8, 4) is 0 Å². The highest BCUT2D eigenvalue weighted by atomic mass is 32.2. The van der Waals surface area contributed by atoms with Gasteiger partial charge in [0.05, 0.1) is 12.4 Å². The normalized spacial score (nSPS) is 18.0. The highest BCUT2D eigenvalue weighted by molar-refractivity contribution is 7.88. The molecule has 0 aliphatic carbocycles. The highest BCUT2D eigenvalue weighted by Gasteiger charge is 2.53. The molecule has 1 aromatic rings. The number of hydrogen-bond acceptors (Lipinski definition) is 4. The second kappa shape index (κ2) is 5.90. The average Bonchev–Trinajstić information content (AvgIpc) is 2.36. The Morgan fingerprint density at radius 3 is 2.55 bits per heavy atom. The summed E-state index contributed by atoms with van der Waals surface area (Å²) in [6.07, 6.45) is 0. The fraction of sp³-hybridized carbons (Fsp3) is 0.462. The Labute approximate surface area is 126 Å². The lowest BCUT2D eigenvalue weighted by Gasteiger charge is -2.45. The highest BCUT2D eigenvalue weighted by Crippen LogP contribution is 2.34. The molecule has 22 heavy (non-hydrogen) atoms. The van der Waals surface area contributed by atoms with Crippen LogP contribution in [0, 0.1) is 17.0 Å². The molecule has 9 heteroatoms. The number of sulfonamides is 1. The number of halogens is 2. The van der Waals surface area contributed by atoms with Crippen molar-refractivity contribution >= 4 is 16.0 Å². The molecule has 0 amide bonds. The van der Waals surface area contributed by atoms with E-state index in [4.69, 9.17) is 9.84 Å². The Bertz CT molecular complexity index is 686. The van der Waals surface area contributed by atoms with Crippen molar-refractivity contribution in [2.24, 2.45) is 5.41 Å². The van der Waals surface area contributed by atoms with Crippen LogP contribution in [0.4, 0.5) is 8.78 Å². The maximum atomic E-state index is 13.5. The third kappa shape index (κ3) is 3.11. The first-order valence-corrected chi connectivity index (χ1v) is 7.95. The summed E-state index contributed by atoms with van der Waals surface area (Å²) >= 11 is 0. The van der Waals surface area contributed by atoms with Crippen molar-refractivity contribution in [1.82, 2.24) is 4.31 Å². The van der Waals surface area contributed by atoms with Gasteiger partial charge in [-0.25, -0.2) is 17.2 Å². The predicted molar refractivity (Wildman–Crippen MR) is 72.5 cm³/mol. The van der Waals surface area contributed by atoms with Gasteiger partial charge in [-0.1, -0.05) is 6.07 Å². The van der Waals surface area contributed by atoms with E-state index in [-0.39, 0.29) is 25.3 Å². The predicted octanol–water partition coefficient (Wildman–Crippen LogP) is 0.828. The molecule has 0 aromatic heterocycles. The number of methoxy groups -OCH3 is 1. The molecule has 1 aliphatic rings. The van der Waals surface area contributed by atoms with Gasteiger partial charge in [0.15, 0.2) is 0 Å². The quantitative estimate of drug-likeness (QED) is 0.832. The van der Waals surface area contributed by atoms with Crippen LogP contribution in [0.25, 0.3) is 0 Å². The molecule has 1 fully saturated rings. The van der Waals surface area contributed by atoms with E-state index in [9.17, 15) is 22.0 Å². The molecule has 6 nitrogen and oxygen atoms in total. The van der Waals surface area contributed by atoms with E-state index in [1.54, 1.807) is 0 Å². The van der Waals surface area contributed by atoms with E-state index in [0.717, 1.165) is 16.4 Å². The number of aliphatic carboxylic acids is 1. The Hall–Kier alpha value is -1.58. The number of carbonyl (C=O) groups is 1. The summed E-state index contributed by atoms with van der Waals surface area (Å²) in [7, 11) is -2.55.